The number of pyridine rings is 1. The largest absolute Gasteiger partial charge is 0.435 e. The van der Waals surface area contributed by atoms with Gasteiger partial charge in [-0.2, -0.15) is 4.39 Å². The summed E-state index contributed by atoms with van der Waals surface area (Å²) in [7, 11) is 0. The van der Waals surface area contributed by atoms with Gasteiger partial charge in [0.2, 0.25) is 11.7 Å². The third kappa shape index (κ3) is 3.08. The summed E-state index contributed by atoms with van der Waals surface area (Å²) >= 11 is 3.08. The van der Waals surface area contributed by atoms with Crippen molar-refractivity contribution in [1.82, 2.24) is 4.98 Å². The Labute approximate surface area is 117 Å². The van der Waals surface area contributed by atoms with Gasteiger partial charge in [-0.15, -0.1) is 0 Å². The molecule has 0 saturated heterocycles. The molecule has 0 aliphatic carbocycles. The van der Waals surface area contributed by atoms with E-state index in [2.05, 4.69) is 20.9 Å². The van der Waals surface area contributed by atoms with Crippen molar-refractivity contribution in [2.75, 3.05) is 0 Å². The van der Waals surface area contributed by atoms with Gasteiger partial charge in [0.05, 0.1) is 0 Å². The van der Waals surface area contributed by atoms with E-state index in [1.807, 2.05) is 0 Å². The SMILES string of the molecule is C[C@@H](N)c1cccnc1Oc1cc(Br)cc(F)c1F. The molecule has 1 atom stereocenters. The molecule has 1 heterocycles. The molecule has 1 aromatic heterocycles. The topological polar surface area (TPSA) is 48.1 Å². The molecule has 2 rings (SSSR count). The number of benzene rings is 1. The van der Waals surface area contributed by atoms with E-state index in [1.165, 1.54) is 12.3 Å². The van der Waals surface area contributed by atoms with Gasteiger partial charge < -0.3 is 10.5 Å². The van der Waals surface area contributed by atoms with Crippen LogP contribution in [0, 0.1) is 11.6 Å². The molecule has 1 aromatic carbocycles. The third-order valence-corrected chi connectivity index (χ3v) is 2.92. The Morgan fingerprint density at radius 2 is 2.11 bits per heavy atom. The molecule has 6 heteroatoms. The fourth-order valence-electron chi connectivity index (χ4n) is 1.55. The van der Waals surface area contributed by atoms with E-state index in [1.54, 1.807) is 19.1 Å². The van der Waals surface area contributed by atoms with Crippen molar-refractivity contribution in [2.24, 2.45) is 5.73 Å². The van der Waals surface area contributed by atoms with E-state index in [0.29, 0.717) is 10.0 Å². The minimum Gasteiger partial charge on any atom is -0.435 e. The summed E-state index contributed by atoms with van der Waals surface area (Å²) in [6.07, 6.45) is 1.49. The molecule has 0 radical (unpaired) electrons. The third-order valence-electron chi connectivity index (χ3n) is 2.46. The first kappa shape index (κ1) is 13.9. The zero-order valence-corrected chi connectivity index (χ0v) is 11.6. The molecule has 0 amide bonds. The number of ether oxygens (including phenoxy) is 1. The number of nitrogens with two attached hydrogens (primary N) is 1. The summed E-state index contributed by atoms with van der Waals surface area (Å²) in [6.45, 7) is 1.75. The average Bonchev–Trinajstić information content (AvgIpc) is 2.35. The number of halogens is 3. The second-order valence-corrected chi connectivity index (χ2v) is 4.90. The predicted molar refractivity (Wildman–Crippen MR) is 71.0 cm³/mol. The van der Waals surface area contributed by atoms with Crippen molar-refractivity contribution in [1.29, 1.82) is 0 Å². The maximum absolute atomic E-state index is 13.6. The van der Waals surface area contributed by atoms with Crippen LogP contribution in [0.2, 0.25) is 0 Å². The van der Waals surface area contributed by atoms with Gasteiger partial charge in [0.15, 0.2) is 11.6 Å². The molecule has 0 aliphatic rings. The van der Waals surface area contributed by atoms with E-state index in [0.717, 1.165) is 6.07 Å². The highest BCUT2D eigenvalue weighted by molar-refractivity contribution is 9.10. The monoisotopic (exact) mass is 328 g/mol. The molecule has 0 fully saturated rings. The number of rotatable bonds is 3. The lowest BCUT2D eigenvalue weighted by molar-refractivity contribution is 0.399. The Kier molecular flexibility index (Phi) is 4.11. The number of nitrogens with zero attached hydrogens (tertiary/aromatic N) is 1. The van der Waals surface area contributed by atoms with Crippen LogP contribution < -0.4 is 10.5 Å². The summed E-state index contributed by atoms with van der Waals surface area (Å²) in [5.41, 5.74) is 6.38. The van der Waals surface area contributed by atoms with Crippen molar-refractivity contribution in [3.8, 4) is 11.6 Å². The summed E-state index contributed by atoms with van der Waals surface area (Å²) in [6, 6.07) is 5.44. The molecule has 100 valence electrons. The fraction of sp³-hybridized carbons (Fsp3) is 0.154. The van der Waals surface area contributed by atoms with Gasteiger partial charge in [-0.1, -0.05) is 22.0 Å². The van der Waals surface area contributed by atoms with Crippen LogP contribution in [0.4, 0.5) is 8.78 Å². The van der Waals surface area contributed by atoms with E-state index >= 15 is 0 Å². The van der Waals surface area contributed by atoms with Crippen molar-refractivity contribution < 1.29 is 13.5 Å². The van der Waals surface area contributed by atoms with Crippen LogP contribution in [0.1, 0.15) is 18.5 Å². The first-order valence-corrected chi connectivity index (χ1v) is 6.31. The Morgan fingerprint density at radius 1 is 1.37 bits per heavy atom. The standard InChI is InChI=1S/C13H11BrF2N2O/c1-7(17)9-3-2-4-18-13(9)19-11-6-8(14)5-10(15)12(11)16/h2-7H,17H2,1H3/t7-/m1/s1. The number of hydrogen-bond donors (Lipinski definition) is 1. The first-order valence-electron chi connectivity index (χ1n) is 5.52. The molecule has 0 bridgehead atoms. The minimum absolute atomic E-state index is 0.161. The summed E-state index contributed by atoms with van der Waals surface area (Å²) in [4.78, 5) is 3.99. The first-order chi connectivity index (χ1) is 8.99. The summed E-state index contributed by atoms with van der Waals surface area (Å²) in [5.74, 6) is -2.14. The molecular formula is C13H11BrF2N2O. The van der Waals surface area contributed by atoms with Gasteiger partial charge in [0.1, 0.15) is 0 Å². The fourth-order valence-corrected chi connectivity index (χ4v) is 1.95. The Morgan fingerprint density at radius 3 is 2.79 bits per heavy atom. The van der Waals surface area contributed by atoms with Gasteiger partial charge in [0.25, 0.3) is 0 Å². The van der Waals surface area contributed by atoms with E-state index < -0.39 is 11.6 Å². The lowest BCUT2D eigenvalue weighted by Gasteiger charge is -2.13. The average molecular weight is 329 g/mol. The van der Waals surface area contributed by atoms with Crippen molar-refractivity contribution in [3.63, 3.8) is 0 Å². The van der Waals surface area contributed by atoms with Crippen LogP contribution in [0.3, 0.4) is 0 Å². The van der Waals surface area contributed by atoms with Gasteiger partial charge in [-0.05, 0) is 25.1 Å². The molecule has 2 aromatic rings. The number of hydrogen-bond acceptors (Lipinski definition) is 3. The van der Waals surface area contributed by atoms with E-state index in [4.69, 9.17) is 10.5 Å². The quantitative estimate of drug-likeness (QED) is 0.868. The maximum Gasteiger partial charge on any atom is 0.224 e. The molecule has 0 saturated carbocycles. The lowest BCUT2D eigenvalue weighted by Crippen LogP contribution is -2.08. The predicted octanol–water partition coefficient (Wildman–Crippen LogP) is 3.93. The smallest absolute Gasteiger partial charge is 0.224 e. The Hall–Kier alpha value is -1.53. The molecule has 2 N–H and O–H groups in total. The van der Waals surface area contributed by atoms with Gasteiger partial charge in [-0.25, -0.2) is 9.37 Å². The van der Waals surface area contributed by atoms with E-state index in [9.17, 15) is 8.78 Å². The molecule has 0 aliphatic heterocycles. The second kappa shape index (κ2) is 5.63. The van der Waals surface area contributed by atoms with Crippen LogP contribution >= 0.6 is 15.9 Å². The molecule has 19 heavy (non-hydrogen) atoms. The highest BCUT2D eigenvalue weighted by Crippen LogP contribution is 2.31. The van der Waals surface area contributed by atoms with Crippen LogP contribution in [-0.2, 0) is 0 Å². The van der Waals surface area contributed by atoms with Crippen LogP contribution in [0.25, 0.3) is 0 Å². The second-order valence-electron chi connectivity index (χ2n) is 3.99. The maximum atomic E-state index is 13.6. The lowest BCUT2D eigenvalue weighted by atomic mass is 10.1. The van der Waals surface area contributed by atoms with Gasteiger partial charge in [0, 0.05) is 22.3 Å². The van der Waals surface area contributed by atoms with Crippen molar-refractivity contribution in [2.45, 2.75) is 13.0 Å². The Balaban J connectivity index is 2.42. The van der Waals surface area contributed by atoms with Gasteiger partial charge in [-0.3, -0.25) is 0 Å². The van der Waals surface area contributed by atoms with Crippen LogP contribution in [0.15, 0.2) is 34.9 Å². The number of aromatic nitrogens is 1. The molecule has 0 unspecified atom stereocenters. The molecule has 0 spiro atoms. The highest BCUT2D eigenvalue weighted by Gasteiger charge is 2.15. The highest BCUT2D eigenvalue weighted by atomic mass is 79.9. The molecular weight excluding hydrogens is 318 g/mol. The van der Waals surface area contributed by atoms with E-state index in [-0.39, 0.29) is 17.7 Å². The van der Waals surface area contributed by atoms with Gasteiger partial charge >= 0.3 is 0 Å². The van der Waals surface area contributed by atoms with Crippen LogP contribution in [-0.4, -0.2) is 4.98 Å². The molecule has 3 nitrogen and oxygen atoms in total. The normalized spacial score (nSPS) is 12.3. The summed E-state index contributed by atoms with van der Waals surface area (Å²) < 4.78 is 32.6. The zero-order valence-electron chi connectivity index (χ0n) is 10.0. The van der Waals surface area contributed by atoms with Crippen LogP contribution in [0.5, 0.6) is 11.6 Å². The summed E-state index contributed by atoms with van der Waals surface area (Å²) in [5, 5.41) is 0. The minimum atomic E-state index is -1.07. The Bertz CT molecular complexity index is 605. The van der Waals surface area contributed by atoms with Crippen molar-refractivity contribution >= 4 is 15.9 Å². The zero-order chi connectivity index (χ0) is 14.0. The van der Waals surface area contributed by atoms with Crippen molar-refractivity contribution in [3.05, 3.63) is 52.1 Å².